The van der Waals surface area contributed by atoms with Gasteiger partial charge >= 0.3 is 0 Å². The summed E-state index contributed by atoms with van der Waals surface area (Å²) in [6.45, 7) is 0. The van der Waals surface area contributed by atoms with Crippen LogP contribution in [-0.2, 0) is 6.42 Å². The molecule has 0 aliphatic heterocycles. The number of rotatable bonds is 4. The SMILES string of the molecule is CN(C)c1ccc(N(C)C)c(Cc2ccccc2)c1. The maximum atomic E-state index is 2.28. The van der Waals surface area contributed by atoms with Crippen LogP contribution in [0.4, 0.5) is 11.4 Å². The fourth-order valence-corrected chi connectivity index (χ4v) is 2.24. The molecular formula is C17H22N2. The lowest BCUT2D eigenvalue weighted by Crippen LogP contribution is -2.14. The first-order valence-corrected chi connectivity index (χ1v) is 6.59. The number of hydrogen-bond acceptors (Lipinski definition) is 2. The van der Waals surface area contributed by atoms with E-state index in [0.29, 0.717) is 0 Å². The maximum Gasteiger partial charge on any atom is 0.0398 e. The smallest absolute Gasteiger partial charge is 0.0398 e. The Morgan fingerprint density at radius 3 is 2.05 bits per heavy atom. The molecule has 2 aromatic rings. The predicted octanol–water partition coefficient (Wildman–Crippen LogP) is 3.41. The van der Waals surface area contributed by atoms with E-state index in [2.05, 4.69) is 86.5 Å². The molecule has 2 heteroatoms. The predicted molar refractivity (Wildman–Crippen MR) is 84.3 cm³/mol. The summed E-state index contributed by atoms with van der Waals surface area (Å²) < 4.78 is 0. The highest BCUT2D eigenvalue weighted by Crippen LogP contribution is 2.26. The Balaban J connectivity index is 2.38. The monoisotopic (exact) mass is 254 g/mol. The van der Waals surface area contributed by atoms with Gasteiger partial charge in [-0.15, -0.1) is 0 Å². The Labute approximate surface area is 116 Å². The minimum atomic E-state index is 0.968. The van der Waals surface area contributed by atoms with Gasteiger partial charge in [-0.2, -0.15) is 0 Å². The van der Waals surface area contributed by atoms with E-state index < -0.39 is 0 Å². The van der Waals surface area contributed by atoms with E-state index in [9.17, 15) is 0 Å². The van der Waals surface area contributed by atoms with E-state index in [0.717, 1.165) is 6.42 Å². The molecule has 0 saturated carbocycles. The third-order valence-corrected chi connectivity index (χ3v) is 3.30. The lowest BCUT2D eigenvalue weighted by molar-refractivity contribution is 1.06. The molecule has 0 bridgehead atoms. The lowest BCUT2D eigenvalue weighted by Gasteiger charge is -2.21. The number of hydrogen-bond donors (Lipinski definition) is 0. The van der Waals surface area contributed by atoms with E-state index >= 15 is 0 Å². The van der Waals surface area contributed by atoms with Gasteiger partial charge in [0.2, 0.25) is 0 Å². The van der Waals surface area contributed by atoms with Crippen molar-refractivity contribution in [1.82, 2.24) is 0 Å². The third-order valence-electron chi connectivity index (χ3n) is 3.30. The van der Waals surface area contributed by atoms with Gasteiger partial charge < -0.3 is 9.80 Å². The normalized spacial score (nSPS) is 10.3. The lowest BCUT2D eigenvalue weighted by atomic mass is 10.0. The van der Waals surface area contributed by atoms with Crippen LogP contribution < -0.4 is 9.80 Å². The van der Waals surface area contributed by atoms with Crippen molar-refractivity contribution >= 4 is 11.4 Å². The molecule has 2 nitrogen and oxygen atoms in total. The minimum absolute atomic E-state index is 0.968. The Hall–Kier alpha value is -1.96. The zero-order valence-corrected chi connectivity index (χ0v) is 12.2. The van der Waals surface area contributed by atoms with E-state index in [-0.39, 0.29) is 0 Å². The Bertz CT molecular complexity index is 530. The highest BCUT2D eigenvalue weighted by Gasteiger charge is 2.07. The van der Waals surface area contributed by atoms with Crippen molar-refractivity contribution in [2.75, 3.05) is 38.0 Å². The molecule has 0 fully saturated rings. The van der Waals surface area contributed by atoms with Gasteiger partial charge in [-0.25, -0.2) is 0 Å². The zero-order valence-electron chi connectivity index (χ0n) is 12.2. The molecule has 2 aromatic carbocycles. The van der Waals surface area contributed by atoms with Crippen LogP contribution in [0.1, 0.15) is 11.1 Å². The molecule has 2 rings (SSSR count). The van der Waals surface area contributed by atoms with Crippen molar-refractivity contribution in [3.63, 3.8) is 0 Å². The fraction of sp³-hybridized carbons (Fsp3) is 0.294. The third kappa shape index (κ3) is 3.28. The van der Waals surface area contributed by atoms with E-state index in [1.54, 1.807) is 0 Å². The summed E-state index contributed by atoms with van der Waals surface area (Å²) in [7, 11) is 8.35. The molecule has 0 atom stereocenters. The summed E-state index contributed by atoms with van der Waals surface area (Å²) in [6.07, 6.45) is 0.968. The van der Waals surface area contributed by atoms with Crippen LogP contribution in [0.15, 0.2) is 48.5 Å². The summed E-state index contributed by atoms with van der Waals surface area (Å²) >= 11 is 0. The first-order valence-electron chi connectivity index (χ1n) is 6.59. The second kappa shape index (κ2) is 5.79. The summed E-state index contributed by atoms with van der Waals surface area (Å²) in [5.41, 5.74) is 5.25. The molecule has 0 amide bonds. The average molecular weight is 254 g/mol. The fourth-order valence-electron chi connectivity index (χ4n) is 2.24. The molecule has 0 unspecified atom stereocenters. The van der Waals surface area contributed by atoms with Crippen molar-refractivity contribution in [2.45, 2.75) is 6.42 Å². The standard InChI is InChI=1S/C17H22N2/c1-18(2)16-10-11-17(19(3)4)15(13-16)12-14-8-6-5-7-9-14/h5-11,13H,12H2,1-4H3. The van der Waals surface area contributed by atoms with Crippen LogP contribution in [0.2, 0.25) is 0 Å². The highest BCUT2D eigenvalue weighted by molar-refractivity contribution is 5.62. The van der Waals surface area contributed by atoms with Gasteiger partial charge in [-0.3, -0.25) is 0 Å². The Morgan fingerprint density at radius 2 is 1.47 bits per heavy atom. The molecule has 0 heterocycles. The molecule has 0 aliphatic carbocycles. The van der Waals surface area contributed by atoms with Crippen molar-refractivity contribution < 1.29 is 0 Å². The topological polar surface area (TPSA) is 6.48 Å². The van der Waals surface area contributed by atoms with Gasteiger partial charge in [0.15, 0.2) is 0 Å². The Kier molecular flexibility index (Phi) is 4.10. The summed E-state index contributed by atoms with van der Waals surface area (Å²) in [6, 6.07) is 17.3. The number of anilines is 2. The first kappa shape index (κ1) is 13.5. The van der Waals surface area contributed by atoms with Crippen LogP contribution in [0.5, 0.6) is 0 Å². The molecule has 0 aliphatic rings. The first-order chi connectivity index (χ1) is 9.08. The molecule has 100 valence electrons. The van der Waals surface area contributed by atoms with Crippen molar-refractivity contribution in [1.29, 1.82) is 0 Å². The van der Waals surface area contributed by atoms with Gasteiger partial charge in [0.1, 0.15) is 0 Å². The van der Waals surface area contributed by atoms with Crippen LogP contribution in [0.25, 0.3) is 0 Å². The van der Waals surface area contributed by atoms with Crippen molar-refractivity contribution in [2.24, 2.45) is 0 Å². The average Bonchev–Trinajstić information content (AvgIpc) is 2.39. The van der Waals surface area contributed by atoms with E-state index in [4.69, 9.17) is 0 Å². The Morgan fingerprint density at radius 1 is 0.789 bits per heavy atom. The van der Waals surface area contributed by atoms with Crippen LogP contribution >= 0.6 is 0 Å². The quantitative estimate of drug-likeness (QED) is 0.825. The van der Waals surface area contributed by atoms with E-state index in [1.807, 2.05) is 0 Å². The highest BCUT2D eigenvalue weighted by atomic mass is 15.1. The van der Waals surface area contributed by atoms with Crippen molar-refractivity contribution in [3.8, 4) is 0 Å². The molecule has 0 N–H and O–H groups in total. The molecule has 19 heavy (non-hydrogen) atoms. The minimum Gasteiger partial charge on any atom is -0.378 e. The van der Waals surface area contributed by atoms with Crippen molar-refractivity contribution in [3.05, 3.63) is 59.7 Å². The molecule has 0 saturated heterocycles. The van der Waals surface area contributed by atoms with Gasteiger partial charge in [0.25, 0.3) is 0 Å². The summed E-state index contributed by atoms with van der Waals surface area (Å²) in [5, 5.41) is 0. The van der Waals surface area contributed by atoms with E-state index in [1.165, 1.54) is 22.5 Å². The number of nitrogens with zero attached hydrogens (tertiary/aromatic N) is 2. The van der Waals surface area contributed by atoms with Gasteiger partial charge in [-0.1, -0.05) is 30.3 Å². The van der Waals surface area contributed by atoms with Gasteiger partial charge in [0, 0.05) is 39.6 Å². The van der Waals surface area contributed by atoms with Gasteiger partial charge in [-0.05, 0) is 35.7 Å². The molecule has 0 spiro atoms. The summed E-state index contributed by atoms with van der Waals surface area (Å²) in [5.74, 6) is 0. The molecular weight excluding hydrogens is 232 g/mol. The van der Waals surface area contributed by atoms with Crippen LogP contribution in [0, 0.1) is 0 Å². The van der Waals surface area contributed by atoms with Crippen LogP contribution in [-0.4, -0.2) is 28.2 Å². The maximum absolute atomic E-state index is 2.28. The zero-order chi connectivity index (χ0) is 13.8. The molecule has 0 aromatic heterocycles. The largest absolute Gasteiger partial charge is 0.378 e. The second-order valence-corrected chi connectivity index (χ2v) is 5.26. The second-order valence-electron chi connectivity index (χ2n) is 5.26. The van der Waals surface area contributed by atoms with Gasteiger partial charge in [0.05, 0.1) is 0 Å². The molecule has 0 radical (unpaired) electrons. The summed E-state index contributed by atoms with van der Waals surface area (Å²) in [4.78, 5) is 4.33. The van der Waals surface area contributed by atoms with Crippen LogP contribution in [0.3, 0.4) is 0 Å². The number of benzene rings is 2.